The third-order valence-corrected chi connectivity index (χ3v) is 4.80. The second-order valence-corrected chi connectivity index (χ2v) is 7.04. The number of morpholine rings is 1. The third kappa shape index (κ3) is 3.00. The van der Waals surface area contributed by atoms with Crippen LogP contribution in [-0.4, -0.2) is 55.8 Å². The molecule has 0 aliphatic carbocycles. The molecule has 1 aliphatic rings. The van der Waals surface area contributed by atoms with Crippen molar-refractivity contribution in [2.45, 2.75) is 0 Å². The van der Waals surface area contributed by atoms with Crippen LogP contribution in [0.5, 0.6) is 0 Å². The Morgan fingerprint density at radius 2 is 1.93 bits per heavy atom. The van der Waals surface area contributed by atoms with Crippen molar-refractivity contribution in [2.24, 2.45) is 7.05 Å². The van der Waals surface area contributed by atoms with Gasteiger partial charge in [0.05, 0.1) is 13.2 Å². The molecule has 0 bridgehead atoms. The zero-order valence-electron chi connectivity index (χ0n) is 14.5. The third-order valence-electron chi connectivity index (χ3n) is 4.38. The number of nitrogens with zero attached hydrogens (tertiary/aromatic N) is 7. The summed E-state index contributed by atoms with van der Waals surface area (Å²) in [6, 6.07) is 5.65. The minimum atomic E-state index is 0.489. The van der Waals surface area contributed by atoms with Gasteiger partial charge in [0, 0.05) is 38.6 Å². The van der Waals surface area contributed by atoms with E-state index in [0.717, 1.165) is 29.2 Å². The lowest BCUT2D eigenvalue weighted by Crippen LogP contribution is -2.37. The highest BCUT2D eigenvalue weighted by Crippen LogP contribution is 2.32. The van der Waals surface area contributed by atoms with Crippen LogP contribution in [0, 0.1) is 0 Å². The average Bonchev–Trinajstić information content (AvgIpc) is 3.40. The summed E-state index contributed by atoms with van der Waals surface area (Å²) in [6.45, 7) is 2.80. The molecule has 9 nitrogen and oxygen atoms in total. The van der Waals surface area contributed by atoms with Crippen molar-refractivity contribution in [3.8, 4) is 17.4 Å². The molecule has 0 atom stereocenters. The number of aromatic nitrogens is 6. The summed E-state index contributed by atoms with van der Waals surface area (Å²) in [7, 11) is 1.87. The van der Waals surface area contributed by atoms with E-state index in [4.69, 9.17) is 14.1 Å². The highest BCUT2D eigenvalue weighted by molar-refractivity contribution is 9.10. The Bertz CT molecular complexity index is 1110. The fourth-order valence-corrected chi connectivity index (χ4v) is 3.37. The molecular weight excluding hydrogens is 414 g/mol. The van der Waals surface area contributed by atoms with Crippen molar-refractivity contribution in [3.05, 3.63) is 35.2 Å². The summed E-state index contributed by atoms with van der Waals surface area (Å²) in [4.78, 5) is 11.5. The van der Waals surface area contributed by atoms with E-state index in [-0.39, 0.29) is 0 Å². The van der Waals surface area contributed by atoms with E-state index in [1.807, 2.05) is 37.6 Å². The maximum absolute atomic E-state index is 6.13. The fourth-order valence-electron chi connectivity index (χ4n) is 3.08. The van der Waals surface area contributed by atoms with E-state index in [1.54, 1.807) is 9.36 Å². The Balaban J connectivity index is 1.68. The van der Waals surface area contributed by atoms with Gasteiger partial charge in [-0.25, -0.2) is 9.67 Å². The fraction of sp³-hybridized carbons (Fsp3) is 0.294. The molecule has 0 amide bonds. The first-order valence-electron chi connectivity index (χ1n) is 8.53. The maximum atomic E-state index is 6.13. The lowest BCUT2D eigenvalue weighted by atomic mass is 10.3. The molecule has 0 aromatic carbocycles. The SMILES string of the molecule is Cn1ccc(-c2cc3nc(-n4ccc(Br)n4)nc(N4CCOCC4)c3o2)n1. The molecule has 0 spiro atoms. The van der Waals surface area contributed by atoms with Crippen molar-refractivity contribution < 1.29 is 9.15 Å². The summed E-state index contributed by atoms with van der Waals surface area (Å²) >= 11 is 3.37. The van der Waals surface area contributed by atoms with Crippen LogP contribution >= 0.6 is 15.9 Å². The number of fused-ring (bicyclic) bond motifs is 1. The van der Waals surface area contributed by atoms with E-state index in [9.17, 15) is 0 Å². The molecule has 0 saturated carbocycles. The Morgan fingerprint density at radius 1 is 1.07 bits per heavy atom. The van der Waals surface area contributed by atoms with Gasteiger partial charge in [-0.2, -0.15) is 15.2 Å². The molecule has 4 aromatic heterocycles. The number of furan rings is 1. The monoisotopic (exact) mass is 429 g/mol. The minimum absolute atomic E-state index is 0.489. The van der Waals surface area contributed by atoms with Crippen LogP contribution in [0.4, 0.5) is 5.82 Å². The van der Waals surface area contributed by atoms with Gasteiger partial charge < -0.3 is 14.1 Å². The van der Waals surface area contributed by atoms with Crippen LogP contribution in [0.15, 0.2) is 39.6 Å². The maximum Gasteiger partial charge on any atom is 0.253 e. The lowest BCUT2D eigenvalue weighted by Gasteiger charge is -2.27. The van der Waals surface area contributed by atoms with Gasteiger partial charge in [0.2, 0.25) is 0 Å². The van der Waals surface area contributed by atoms with Crippen molar-refractivity contribution in [1.82, 2.24) is 29.5 Å². The predicted molar refractivity (Wildman–Crippen MR) is 102 cm³/mol. The van der Waals surface area contributed by atoms with Gasteiger partial charge in [0.1, 0.15) is 15.8 Å². The Labute approximate surface area is 162 Å². The highest BCUT2D eigenvalue weighted by Gasteiger charge is 2.22. The molecule has 1 saturated heterocycles. The zero-order valence-corrected chi connectivity index (χ0v) is 16.1. The highest BCUT2D eigenvalue weighted by atomic mass is 79.9. The quantitative estimate of drug-likeness (QED) is 0.493. The predicted octanol–water partition coefficient (Wildman–Crippen LogP) is 2.41. The number of ether oxygens (including phenoxy) is 1. The van der Waals surface area contributed by atoms with Crippen LogP contribution in [0.1, 0.15) is 0 Å². The largest absolute Gasteiger partial charge is 0.449 e. The van der Waals surface area contributed by atoms with Gasteiger partial charge in [-0.05, 0) is 28.1 Å². The standard InChI is InChI=1S/C17H16BrN7O2/c1-23-4-2-11(21-23)13-10-12-15(27-13)16(24-6-8-26-9-7-24)20-17(19-12)25-5-3-14(18)22-25/h2-5,10H,6-9H2,1H3. The first-order valence-corrected chi connectivity index (χ1v) is 9.32. The zero-order chi connectivity index (χ0) is 18.4. The number of halogens is 1. The summed E-state index contributed by atoms with van der Waals surface area (Å²) in [5.41, 5.74) is 2.12. The van der Waals surface area contributed by atoms with Crippen molar-refractivity contribution in [1.29, 1.82) is 0 Å². The van der Waals surface area contributed by atoms with Gasteiger partial charge in [-0.15, -0.1) is 0 Å². The molecule has 1 aliphatic heterocycles. The molecular formula is C17H16BrN7O2. The second kappa shape index (κ2) is 6.46. The second-order valence-electron chi connectivity index (χ2n) is 6.23. The summed E-state index contributed by atoms with van der Waals surface area (Å²) in [6.07, 6.45) is 3.69. The smallest absolute Gasteiger partial charge is 0.253 e. The van der Waals surface area contributed by atoms with E-state index in [0.29, 0.717) is 36.0 Å². The molecule has 1 fully saturated rings. The van der Waals surface area contributed by atoms with E-state index in [2.05, 4.69) is 36.0 Å². The van der Waals surface area contributed by atoms with Crippen LogP contribution < -0.4 is 4.90 Å². The minimum Gasteiger partial charge on any atom is -0.449 e. The Morgan fingerprint density at radius 3 is 2.63 bits per heavy atom. The van der Waals surface area contributed by atoms with Gasteiger partial charge in [0.15, 0.2) is 17.2 Å². The van der Waals surface area contributed by atoms with Crippen LogP contribution in [0.25, 0.3) is 28.5 Å². The number of rotatable bonds is 3. The van der Waals surface area contributed by atoms with Crippen molar-refractivity contribution in [2.75, 3.05) is 31.2 Å². The molecule has 0 N–H and O–H groups in total. The molecule has 5 heterocycles. The van der Waals surface area contributed by atoms with E-state index >= 15 is 0 Å². The van der Waals surface area contributed by atoms with Gasteiger partial charge in [-0.3, -0.25) is 4.68 Å². The normalized spacial score (nSPS) is 15.0. The lowest BCUT2D eigenvalue weighted by molar-refractivity contribution is 0.122. The summed E-state index contributed by atoms with van der Waals surface area (Å²) < 4.78 is 15.7. The average molecular weight is 430 g/mol. The molecule has 138 valence electrons. The molecule has 27 heavy (non-hydrogen) atoms. The summed E-state index contributed by atoms with van der Waals surface area (Å²) in [5, 5.41) is 8.78. The van der Waals surface area contributed by atoms with Crippen LogP contribution in [0.2, 0.25) is 0 Å². The van der Waals surface area contributed by atoms with Crippen LogP contribution in [-0.2, 0) is 11.8 Å². The molecule has 10 heteroatoms. The van der Waals surface area contributed by atoms with Crippen molar-refractivity contribution >= 4 is 32.8 Å². The Hall–Kier alpha value is -2.72. The van der Waals surface area contributed by atoms with Crippen LogP contribution in [0.3, 0.4) is 0 Å². The first-order chi connectivity index (χ1) is 13.2. The number of aryl methyl sites for hydroxylation is 1. The number of hydrogen-bond acceptors (Lipinski definition) is 7. The van der Waals surface area contributed by atoms with Gasteiger partial charge >= 0.3 is 0 Å². The first kappa shape index (κ1) is 16.5. The number of anilines is 1. The van der Waals surface area contributed by atoms with E-state index in [1.165, 1.54) is 0 Å². The molecule has 0 radical (unpaired) electrons. The van der Waals surface area contributed by atoms with Gasteiger partial charge in [0.25, 0.3) is 5.95 Å². The molecule has 5 rings (SSSR count). The summed E-state index contributed by atoms with van der Waals surface area (Å²) in [5.74, 6) is 1.89. The molecule has 0 unspecified atom stereocenters. The number of hydrogen-bond donors (Lipinski definition) is 0. The molecule has 4 aromatic rings. The van der Waals surface area contributed by atoms with E-state index < -0.39 is 0 Å². The Kier molecular flexibility index (Phi) is 3.94. The topological polar surface area (TPSA) is 87.0 Å². The van der Waals surface area contributed by atoms with Gasteiger partial charge in [-0.1, -0.05) is 0 Å². The van der Waals surface area contributed by atoms with Crippen molar-refractivity contribution in [3.63, 3.8) is 0 Å².